The second kappa shape index (κ2) is 3.42. The summed E-state index contributed by atoms with van der Waals surface area (Å²) >= 11 is 0. The van der Waals surface area contributed by atoms with Gasteiger partial charge >= 0.3 is 6.09 Å². The fourth-order valence-electron chi connectivity index (χ4n) is 2.02. The van der Waals surface area contributed by atoms with Gasteiger partial charge in [0.15, 0.2) is 9.84 Å². The molecule has 0 bridgehead atoms. The van der Waals surface area contributed by atoms with E-state index in [4.69, 9.17) is 4.74 Å². The molecule has 0 aromatic heterocycles. The Hall–Kier alpha value is -0.780. The fourth-order valence-corrected chi connectivity index (χ4v) is 3.83. The second-order valence-electron chi connectivity index (χ2n) is 3.84. The number of hydrogen-bond donors (Lipinski definition) is 1. The summed E-state index contributed by atoms with van der Waals surface area (Å²) in [6, 6.07) is 0. The summed E-state index contributed by atoms with van der Waals surface area (Å²) in [5.41, 5.74) is 0. The van der Waals surface area contributed by atoms with E-state index in [-0.39, 0.29) is 23.5 Å². The lowest BCUT2D eigenvalue weighted by Gasteiger charge is -2.25. The van der Waals surface area contributed by atoms with Crippen molar-refractivity contribution in [2.75, 3.05) is 18.1 Å². The molecule has 2 rings (SSSR count). The quantitative estimate of drug-likeness (QED) is 0.669. The van der Waals surface area contributed by atoms with Crippen molar-refractivity contribution >= 4 is 15.9 Å². The lowest BCUT2D eigenvalue weighted by atomic mass is 9.99. The number of nitrogens with one attached hydrogen (secondary N) is 1. The Morgan fingerprint density at radius 1 is 1.43 bits per heavy atom. The van der Waals surface area contributed by atoms with Crippen LogP contribution in [-0.2, 0) is 14.6 Å². The van der Waals surface area contributed by atoms with E-state index in [1.807, 2.05) is 0 Å². The molecule has 80 valence electrons. The molecule has 1 amide bonds. The lowest BCUT2D eigenvalue weighted by molar-refractivity contribution is 0.107. The number of ether oxygens (including phenoxy) is 1. The van der Waals surface area contributed by atoms with Gasteiger partial charge in [0, 0.05) is 5.92 Å². The summed E-state index contributed by atoms with van der Waals surface area (Å²) in [6.07, 6.45) is 0.829. The van der Waals surface area contributed by atoms with E-state index in [9.17, 15) is 13.2 Å². The van der Waals surface area contributed by atoms with Crippen LogP contribution in [0.4, 0.5) is 4.79 Å². The van der Waals surface area contributed by atoms with Crippen LogP contribution >= 0.6 is 0 Å². The molecule has 14 heavy (non-hydrogen) atoms. The fraction of sp³-hybridized carbons (Fsp3) is 0.875. The molecular formula is C8H13NO4S. The van der Waals surface area contributed by atoms with Crippen molar-refractivity contribution in [2.45, 2.75) is 18.9 Å². The van der Waals surface area contributed by atoms with E-state index in [0.717, 1.165) is 6.42 Å². The maximum absolute atomic E-state index is 11.3. The molecule has 6 heteroatoms. The smallest absolute Gasteiger partial charge is 0.407 e. The highest BCUT2D eigenvalue weighted by atomic mass is 32.2. The van der Waals surface area contributed by atoms with Gasteiger partial charge in [0.2, 0.25) is 0 Å². The van der Waals surface area contributed by atoms with Gasteiger partial charge in [-0.05, 0) is 12.8 Å². The van der Waals surface area contributed by atoms with Crippen LogP contribution in [0.3, 0.4) is 0 Å². The molecule has 5 nitrogen and oxygen atoms in total. The minimum atomic E-state index is -2.91. The highest BCUT2D eigenvalue weighted by Gasteiger charge is 2.36. The average molecular weight is 219 g/mol. The Labute approximate surface area is 82.7 Å². The molecule has 0 spiro atoms. The number of carbonyl (C=O) groups excluding carboxylic acids is 1. The monoisotopic (exact) mass is 219 g/mol. The number of cyclic esters (lactones) is 1. The van der Waals surface area contributed by atoms with Crippen LogP contribution < -0.4 is 5.32 Å². The van der Waals surface area contributed by atoms with E-state index < -0.39 is 15.9 Å². The molecule has 0 aliphatic carbocycles. The van der Waals surface area contributed by atoms with Gasteiger partial charge in [0.25, 0.3) is 0 Å². The number of alkyl carbamates (subject to hydrolysis) is 1. The van der Waals surface area contributed by atoms with E-state index in [1.54, 1.807) is 0 Å². The molecule has 2 saturated heterocycles. The largest absolute Gasteiger partial charge is 0.444 e. The minimum absolute atomic E-state index is 0.0206. The van der Waals surface area contributed by atoms with E-state index in [0.29, 0.717) is 13.0 Å². The first-order valence-corrected chi connectivity index (χ1v) is 6.54. The maximum atomic E-state index is 11.3. The van der Waals surface area contributed by atoms with E-state index in [2.05, 4.69) is 5.32 Å². The summed E-state index contributed by atoms with van der Waals surface area (Å²) in [4.78, 5) is 10.8. The average Bonchev–Trinajstić information content (AvgIpc) is 2.50. The Kier molecular flexibility index (Phi) is 2.38. The van der Waals surface area contributed by atoms with Gasteiger partial charge in [0.1, 0.15) is 6.10 Å². The summed E-state index contributed by atoms with van der Waals surface area (Å²) in [7, 11) is -2.91. The van der Waals surface area contributed by atoms with Gasteiger partial charge in [0.05, 0.1) is 18.1 Å². The highest BCUT2D eigenvalue weighted by molar-refractivity contribution is 7.91. The zero-order chi connectivity index (χ0) is 10.2. The highest BCUT2D eigenvalue weighted by Crippen LogP contribution is 2.24. The van der Waals surface area contributed by atoms with Crippen molar-refractivity contribution in [1.29, 1.82) is 0 Å². The molecule has 2 atom stereocenters. The molecule has 2 aliphatic rings. The predicted octanol–water partition coefficient (Wildman–Crippen LogP) is -0.0804. The molecule has 2 aliphatic heterocycles. The van der Waals surface area contributed by atoms with Crippen LogP contribution in [-0.4, -0.2) is 38.7 Å². The first-order valence-electron chi connectivity index (χ1n) is 4.72. The Bertz CT molecular complexity index is 337. The Morgan fingerprint density at radius 3 is 2.79 bits per heavy atom. The van der Waals surface area contributed by atoms with Crippen LogP contribution in [0.5, 0.6) is 0 Å². The third kappa shape index (κ3) is 2.00. The SMILES string of the molecule is O=C1NCC(C2CCCS(=O)(=O)C2)O1. The first kappa shape index (κ1) is 9.76. The normalized spacial score (nSPS) is 36.1. The van der Waals surface area contributed by atoms with Crippen molar-refractivity contribution in [3.63, 3.8) is 0 Å². The molecule has 0 radical (unpaired) electrons. The van der Waals surface area contributed by atoms with Gasteiger partial charge in [-0.3, -0.25) is 0 Å². The van der Waals surface area contributed by atoms with Gasteiger partial charge in [-0.15, -0.1) is 0 Å². The standard InChI is InChI=1S/C8H13NO4S/c10-8-9-4-7(13-8)6-2-1-3-14(11,12)5-6/h6-7H,1-5H2,(H,9,10). The minimum Gasteiger partial charge on any atom is -0.444 e. The molecular weight excluding hydrogens is 206 g/mol. The lowest BCUT2D eigenvalue weighted by Crippen LogP contribution is -2.35. The predicted molar refractivity (Wildman–Crippen MR) is 49.6 cm³/mol. The molecule has 0 saturated carbocycles. The second-order valence-corrected chi connectivity index (χ2v) is 6.07. The number of rotatable bonds is 1. The van der Waals surface area contributed by atoms with Crippen molar-refractivity contribution in [1.82, 2.24) is 5.32 Å². The number of amides is 1. The number of carbonyl (C=O) groups is 1. The summed E-state index contributed by atoms with van der Waals surface area (Å²) < 4.78 is 27.7. The molecule has 1 N–H and O–H groups in total. The molecule has 0 aromatic rings. The van der Waals surface area contributed by atoms with Gasteiger partial charge in [-0.1, -0.05) is 0 Å². The molecule has 0 aromatic carbocycles. The summed E-state index contributed by atoms with van der Waals surface area (Å²) in [5, 5.41) is 2.54. The van der Waals surface area contributed by atoms with Crippen LogP contribution in [0.1, 0.15) is 12.8 Å². The van der Waals surface area contributed by atoms with E-state index in [1.165, 1.54) is 0 Å². The van der Waals surface area contributed by atoms with Gasteiger partial charge < -0.3 is 10.1 Å². The van der Waals surface area contributed by atoms with Crippen molar-refractivity contribution in [3.05, 3.63) is 0 Å². The van der Waals surface area contributed by atoms with Crippen molar-refractivity contribution in [3.8, 4) is 0 Å². The zero-order valence-corrected chi connectivity index (χ0v) is 8.55. The number of sulfone groups is 1. The van der Waals surface area contributed by atoms with Gasteiger partial charge in [-0.25, -0.2) is 13.2 Å². The molecule has 2 fully saturated rings. The summed E-state index contributed by atoms with van der Waals surface area (Å²) in [6.45, 7) is 0.443. The Balaban J connectivity index is 2.01. The van der Waals surface area contributed by atoms with Crippen LogP contribution in [0, 0.1) is 5.92 Å². The number of hydrogen-bond acceptors (Lipinski definition) is 4. The van der Waals surface area contributed by atoms with Crippen molar-refractivity contribution in [2.24, 2.45) is 5.92 Å². The third-order valence-electron chi connectivity index (χ3n) is 2.73. The third-order valence-corrected chi connectivity index (χ3v) is 4.58. The van der Waals surface area contributed by atoms with Crippen LogP contribution in [0.15, 0.2) is 0 Å². The first-order chi connectivity index (χ1) is 6.57. The maximum Gasteiger partial charge on any atom is 0.407 e. The zero-order valence-electron chi connectivity index (χ0n) is 7.73. The van der Waals surface area contributed by atoms with E-state index >= 15 is 0 Å². The summed E-state index contributed by atoms with van der Waals surface area (Å²) in [5.74, 6) is 0.414. The topological polar surface area (TPSA) is 72.5 Å². The van der Waals surface area contributed by atoms with Gasteiger partial charge in [-0.2, -0.15) is 0 Å². The Morgan fingerprint density at radius 2 is 2.21 bits per heavy atom. The van der Waals surface area contributed by atoms with Crippen molar-refractivity contribution < 1.29 is 17.9 Å². The van der Waals surface area contributed by atoms with Crippen LogP contribution in [0.25, 0.3) is 0 Å². The van der Waals surface area contributed by atoms with Crippen LogP contribution in [0.2, 0.25) is 0 Å². The molecule has 2 unspecified atom stereocenters. The molecule has 2 heterocycles.